The predicted octanol–water partition coefficient (Wildman–Crippen LogP) is 2.06. The Hall–Kier alpha value is -0.220. The van der Waals surface area contributed by atoms with E-state index in [1.165, 1.54) is 0 Å². The van der Waals surface area contributed by atoms with Crippen LogP contribution in [-0.4, -0.2) is 35.2 Å². The minimum atomic E-state index is 0.168. The molecule has 18 heavy (non-hydrogen) atoms. The zero-order valence-electron chi connectivity index (χ0n) is 11.8. The molecule has 1 amide bonds. The van der Waals surface area contributed by atoms with Gasteiger partial charge in [0.1, 0.15) is 0 Å². The highest BCUT2D eigenvalue weighted by Gasteiger charge is 2.45. The molecule has 1 saturated carbocycles. The minimum absolute atomic E-state index is 0.168. The fourth-order valence-electron chi connectivity index (χ4n) is 4.02. The monoisotopic (exact) mass is 270 g/mol. The molecular weight excluding hydrogens is 244 g/mol. The molecule has 1 heterocycles. The number of amides is 1. The lowest BCUT2D eigenvalue weighted by molar-refractivity contribution is -0.132. The number of nitrogens with zero attached hydrogens (tertiary/aromatic N) is 1. The topological polar surface area (TPSA) is 46.3 Å². The van der Waals surface area contributed by atoms with E-state index in [0.717, 1.165) is 25.8 Å². The summed E-state index contributed by atoms with van der Waals surface area (Å²) >= 11 is 4.45. The molecule has 0 bridgehead atoms. The second-order valence-electron chi connectivity index (χ2n) is 7.32. The van der Waals surface area contributed by atoms with Crippen molar-refractivity contribution in [2.24, 2.45) is 16.6 Å². The highest BCUT2D eigenvalue weighted by Crippen LogP contribution is 2.47. The van der Waals surface area contributed by atoms with E-state index in [1.54, 1.807) is 0 Å². The van der Waals surface area contributed by atoms with E-state index in [4.69, 9.17) is 5.73 Å². The van der Waals surface area contributed by atoms with Crippen molar-refractivity contribution in [2.75, 3.05) is 13.1 Å². The molecule has 1 aliphatic heterocycles. The van der Waals surface area contributed by atoms with Crippen molar-refractivity contribution in [1.82, 2.24) is 4.90 Å². The molecule has 0 radical (unpaired) electrons. The van der Waals surface area contributed by atoms with Gasteiger partial charge in [-0.1, -0.05) is 20.8 Å². The van der Waals surface area contributed by atoms with Gasteiger partial charge in [-0.15, -0.1) is 0 Å². The van der Waals surface area contributed by atoms with Gasteiger partial charge in [0.25, 0.3) is 0 Å². The summed E-state index contributed by atoms with van der Waals surface area (Å²) in [5.74, 6) is 0.275. The standard InChI is InChI=1S/C14H26N2OS/c1-13(2)5-10(6-14(3,8-13)9-15)16-7-11(18)4-12(16)17/h10-11,18H,4-9,15H2,1-3H3. The first-order valence-electron chi connectivity index (χ1n) is 6.92. The first-order valence-corrected chi connectivity index (χ1v) is 7.44. The first kappa shape index (κ1) is 14.2. The molecule has 2 rings (SSSR count). The van der Waals surface area contributed by atoms with Crippen LogP contribution in [0.3, 0.4) is 0 Å². The fourth-order valence-corrected chi connectivity index (χ4v) is 4.35. The van der Waals surface area contributed by atoms with Gasteiger partial charge < -0.3 is 10.6 Å². The number of nitrogens with two attached hydrogens (primary N) is 1. The van der Waals surface area contributed by atoms with E-state index < -0.39 is 0 Å². The summed E-state index contributed by atoms with van der Waals surface area (Å²) in [6.45, 7) is 8.37. The Morgan fingerprint density at radius 3 is 2.56 bits per heavy atom. The Morgan fingerprint density at radius 2 is 2.06 bits per heavy atom. The summed E-state index contributed by atoms with van der Waals surface area (Å²) in [5, 5.41) is 0.215. The number of likely N-dealkylation sites (tertiary alicyclic amines) is 1. The van der Waals surface area contributed by atoms with Crippen molar-refractivity contribution in [3.05, 3.63) is 0 Å². The molecular formula is C14H26N2OS. The number of rotatable bonds is 2. The molecule has 104 valence electrons. The summed E-state index contributed by atoms with van der Waals surface area (Å²) < 4.78 is 0. The average Bonchev–Trinajstić information content (AvgIpc) is 2.55. The largest absolute Gasteiger partial charge is 0.339 e. The van der Waals surface area contributed by atoms with E-state index in [1.807, 2.05) is 0 Å². The number of thiol groups is 1. The summed E-state index contributed by atoms with van der Waals surface area (Å²) in [5.41, 5.74) is 6.40. The summed E-state index contributed by atoms with van der Waals surface area (Å²) in [4.78, 5) is 14.1. The van der Waals surface area contributed by atoms with Crippen molar-refractivity contribution in [3.8, 4) is 0 Å². The maximum Gasteiger partial charge on any atom is 0.224 e. The van der Waals surface area contributed by atoms with Crippen molar-refractivity contribution in [2.45, 2.75) is 57.7 Å². The highest BCUT2D eigenvalue weighted by atomic mass is 32.1. The minimum Gasteiger partial charge on any atom is -0.339 e. The maximum absolute atomic E-state index is 12.0. The summed E-state index contributed by atoms with van der Waals surface area (Å²) in [6, 6.07) is 0.354. The van der Waals surface area contributed by atoms with Crippen LogP contribution in [0.1, 0.15) is 46.5 Å². The van der Waals surface area contributed by atoms with Gasteiger partial charge in [-0.2, -0.15) is 12.6 Å². The maximum atomic E-state index is 12.0. The number of carbonyl (C=O) groups is 1. The second kappa shape index (κ2) is 4.71. The van der Waals surface area contributed by atoms with Gasteiger partial charge in [-0.3, -0.25) is 4.79 Å². The lowest BCUT2D eigenvalue weighted by Gasteiger charge is -2.48. The molecule has 1 saturated heterocycles. The van der Waals surface area contributed by atoms with Crippen LogP contribution in [0, 0.1) is 10.8 Å². The lowest BCUT2D eigenvalue weighted by Crippen LogP contribution is -2.49. The molecule has 1 aliphatic carbocycles. The molecule has 0 spiro atoms. The van der Waals surface area contributed by atoms with Crippen LogP contribution in [-0.2, 0) is 4.79 Å². The van der Waals surface area contributed by atoms with E-state index in [0.29, 0.717) is 19.0 Å². The quantitative estimate of drug-likeness (QED) is 0.755. The van der Waals surface area contributed by atoms with Gasteiger partial charge in [0.05, 0.1) is 0 Å². The van der Waals surface area contributed by atoms with Gasteiger partial charge in [0, 0.05) is 24.3 Å². The Balaban J connectivity index is 2.15. The van der Waals surface area contributed by atoms with Crippen LogP contribution in [0.25, 0.3) is 0 Å². The zero-order valence-corrected chi connectivity index (χ0v) is 12.7. The molecule has 2 fully saturated rings. The Morgan fingerprint density at radius 1 is 1.39 bits per heavy atom. The van der Waals surface area contributed by atoms with Crippen molar-refractivity contribution < 1.29 is 4.79 Å². The van der Waals surface area contributed by atoms with Gasteiger partial charge in [-0.25, -0.2) is 0 Å². The van der Waals surface area contributed by atoms with Crippen LogP contribution in [0.2, 0.25) is 0 Å². The third kappa shape index (κ3) is 2.85. The number of hydrogen-bond donors (Lipinski definition) is 2. The van der Waals surface area contributed by atoms with Gasteiger partial charge in [0.15, 0.2) is 0 Å². The third-order valence-electron chi connectivity index (χ3n) is 4.49. The van der Waals surface area contributed by atoms with Gasteiger partial charge in [0.2, 0.25) is 5.91 Å². The van der Waals surface area contributed by atoms with Crippen LogP contribution in [0.5, 0.6) is 0 Å². The lowest BCUT2D eigenvalue weighted by atomic mass is 9.62. The third-order valence-corrected chi connectivity index (χ3v) is 4.84. The molecule has 0 aromatic carbocycles. The van der Waals surface area contributed by atoms with Crippen molar-refractivity contribution >= 4 is 18.5 Å². The van der Waals surface area contributed by atoms with E-state index >= 15 is 0 Å². The van der Waals surface area contributed by atoms with Crippen molar-refractivity contribution in [1.29, 1.82) is 0 Å². The SMILES string of the molecule is CC1(C)CC(N2CC(S)CC2=O)CC(C)(CN)C1. The Bertz CT molecular complexity index is 345. The molecule has 4 heteroatoms. The van der Waals surface area contributed by atoms with Crippen molar-refractivity contribution in [3.63, 3.8) is 0 Å². The molecule has 0 aromatic heterocycles. The number of carbonyl (C=O) groups excluding carboxylic acids is 1. The van der Waals surface area contributed by atoms with Crippen LogP contribution >= 0.6 is 12.6 Å². The molecule has 3 nitrogen and oxygen atoms in total. The molecule has 0 aromatic rings. The van der Waals surface area contributed by atoms with Crippen LogP contribution < -0.4 is 5.73 Å². The predicted molar refractivity (Wildman–Crippen MR) is 77.7 cm³/mol. The Labute approximate surface area is 116 Å². The zero-order chi connectivity index (χ0) is 13.6. The average molecular weight is 270 g/mol. The molecule has 3 unspecified atom stereocenters. The van der Waals surface area contributed by atoms with Crippen LogP contribution in [0.4, 0.5) is 0 Å². The van der Waals surface area contributed by atoms with Crippen LogP contribution in [0.15, 0.2) is 0 Å². The van der Waals surface area contributed by atoms with E-state index in [-0.39, 0.29) is 22.0 Å². The normalized spacial score (nSPS) is 40.3. The Kier molecular flexibility index (Phi) is 3.72. The molecule has 3 atom stereocenters. The second-order valence-corrected chi connectivity index (χ2v) is 8.05. The molecule has 2 N–H and O–H groups in total. The van der Waals surface area contributed by atoms with Gasteiger partial charge >= 0.3 is 0 Å². The van der Waals surface area contributed by atoms with E-state index in [9.17, 15) is 4.79 Å². The number of hydrogen-bond acceptors (Lipinski definition) is 3. The summed E-state index contributed by atoms with van der Waals surface area (Å²) in [6.07, 6.45) is 3.88. The van der Waals surface area contributed by atoms with E-state index in [2.05, 4.69) is 38.3 Å². The first-order chi connectivity index (χ1) is 8.25. The highest BCUT2D eigenvalue weighted by molar-refractivity contribution is 7.81. The smallest absolute Gasteiger partial charge is 0.224 e. The fraction of sp³-hybridized carbons (Fsp3) is 0.929. The van der Waals surface area contributed by atoms with Gasteiger partial charge in [-0.05, 0) is 36.6 Å². The molecule has 2 aliphatic rings. The summed E-state index contributed by atoms with van der Waals surface area (Å²) in [7, 11) is 0.